The Labute approximate surface area is 135 Å². The maximum absolute atomic E-state index is 11.3. The summed E-state index contributed by atoms with van der Waals surface area (Å²) in [5.74, 6) is 4.71. The van der Waals surface area contributed by atoms with Crippen molar-refractivity contribution in [3.8, 4) is 0 Å². The van der Waals surface area contributed by atoms with Crippen molar-refractivity contribution in [2.24, 2.45) is 11.8 Å². The summed E-state index contributed by atoms with van der Waals surface area (Å²) >= 11 is 3.86. The van der Waals surface area contributed by atoms with Crippen LogP contribution in [0.5, 0.6) is 0 Å². The van der Waals surface area contributed by atoms with Crippen molar-refractivity contribution in [3.05, 3.63) is 0 Å². The van der Waals surface area contributed by atoms with Gasteiger partial charge in [-0.05, 0) is 55.1 Å². The summed E-state index contributed by atoms with van der Waals surface area (Å²) in [4.78, 5) is 22.6. The Kier molecular flexibility index (Phi) is 7.78. The maximum atomic E-state index is 11.3. The third-order valence-electron chi connectivity index (χ3n) is 3.89. The summed E-state index contributed by atoms with van der Waals surface area (Å²) in [6, 6.07) is 0. The number of cyclic esters (lactones) is 2. The van der Waals surface area contributed by atoms with Crippen LogP contribution < -0.4 is 0 Å². The fraction of sp³-hybridized carbons (Fsp3) is 0.867. The molecule has 2 saturated heterocycles. The predicted molar refractivity (Wildman–Crippen MR) is 86.6 cm³/mol. The minimum atomic E-state index is -0.00315. The Morgan fingerprint density at radius 3 is 1.67 bits per heavy atom. The molecular weight excluding hydrogens is 308 g/mol. The lowest BCUT2D eigenvalue weighted by atomic mass is 10.1. The van der Waals surface area contributed by atoms with E-state index in [2.05, 4.69) is 0 Å². The quantitative estimate of drug-likeness (QED) is 0.453. The van der Waals surface area contributed by atoms with Crippen LogP contribution in [-0.2, 0) is 19.1 Å². The molecule has 2 aliphatic rings. The fourth-order valence-electron chi connectivity index (χ4n) is 2.52. The van der Waals surface area contributed by atoms with E-state index >= 15 is 0 Å². The van der Waals surface area contributed by atoms with Gasteiger partial charge in [0.2, 0.25) is 0 Å². The van der Waals surface area contributed by atoms with Crippen molar-refractivity contribution in [1.29, 1.82) is 0 Å². The number of thioether (sulfide) groups is 2. The Morgan fingerprint density at radius 1 is 0.810 bits per heavy atom. The third-order valence-corrected chi connectivity index (χ3v) is 6.09. The second-order valence-corrected chi connectivity index (χ2v) is 7.91. The number of carbonyl (C=O) groups excluding carboxylic acids is 2. The van der Waals surface area contributed by atoms with Gasteiger partial charge in [-0.25, -0.2) is 0 Å². The molecule has 0 aromatic rings. The summed E-state index contributed by atoms with van der Waals surface area (Å²) in [5.41, 5.74) is 0. The summed E-state index contributed by atoms with van der Waals surface area (Å²) in [5, 5.41) is 0. The van der Waals surface area contributed by atoms with Gasteiger partial charge in [-0.1, -0.05) is 0 Å². The van der Waals surface area contributed by atoms with Crippen molar-refractivity contribution in [2.45, 2.75) is 32.1 Å². The van der Waals surface area contributed by atoms with Crippen molar-refractivity contribution in [1.82, 2.24) is 0 Å². The van der Waals surface area contributed by atoms with E-state index in [9.17, 15) is 9.59 Å². The van der Waals surface area contributed by atoms with E-state index in [1.807, 2.05) is 23.5 Å². The topological polar surface area (TPSA) is 52.6 Å². The minimum Gasteiger partial charge on any atom is -0.465 e. The lowest BCUT2D eigenvalue weighted by Crippen LogP contribution is -2.08. The highest BCUT2D eigenvalue weighted by Gasteiger charge is 2.26. The Balaban J connectivity index is 1.35. The molecule has 21 heavy (non-hydrogen) atoms. The van der Waals surface area contributed by atoms with Crippen LogP contribution in [0.4, 0.5) is 0 Å². The highest BCUT2D eigenvalue weighted by Crippen LogP contribution is 2.22. The molecule has 0 saturated carbocycles. The second kappa shape index (κ2) is 9.62. The van der Waals surface area contributed by atoms with Crippen LogP contribution in [0.25, 0.3) is 0 Å². The van der Waals surface area contributed by atoms with Gasteiger partial charge < -0.3 is 9.47 Å². The zero-order valence-electron chi connectivity index (χ0n) is 12.4. The molecular formula is C15H24O4S2. The average molecular weight is 332 g/mol. The smallest absolute Gasteiger partial charge is 0.309 e. The van der Waals surface area contributed by atoms with E-state index in [4.69, 9.17) is 9.47 Å². The standard InChI is InChI=1S/C15H24O4S2/c16-14-12(2-6-18-14)4-10-20-8-1-9-21-11-5-13-3-7-19-15(13)17/h12-13H,1-11H2. The molecule has 2 fully saturated rings. The number of hydrogen-bond acceptors (Lipinski definition) is 6. The normalized spacial score (nSPS) is 25.1. The van der Waals surface area contributed by atoms with Crippen molar-refractivity contribution in [3.63, 3.8) is 0 Å². The molecule has 0 N–H and O–H groups in total. The minimum absolute atomic E-state index is 0.00315. The molecule has 2 rings (SSSR count). The number of hydrogen-bond donors (Lipinski definition) is 0. The van der Waals surface area contributed by atoms with Crippen molar-refractivity contribution < 1.29 is 19.1 Å². The molecule has 0 bridgehead atoms. The highest BCUT2D eigenvalue weighted by atomic mass is 32.2. The van der Waals surface area contributed by atoms with E-state index in [0.29, 0.717) is 13.2 Å². The van der Waals surface area contributed by atoms with E-state index in [1.54, 1.807) is 0 Å². The fourth-order valence-corrected chi connectivity index (χ4v) is 4.71. The first kappa shape index (κ1) is 17.0. The first-order valence-corrected chi connectivity index (χ1v) is 10.1. The van der Waals surface area contributed by atoms with E-state index in [-0.39, 0.29) is 23.8 Å². The predicted octanol–water partition coefficient (Wildman–Crippen LogP) is 2.75. The lowest BCUT2D eigenvalue weighted by molar-refractivity contribution is -0.142. The molecule has 0 radical (unpaired) electrons. The van der Waals surface area contributed by atoms with Gasteiger partial charge >= 0.3 is 11.9 Å². The molecule has 2 heterocycles. The molecule has 120 valence electrons. The van der Waals surface area contributed by atoms with Gasteiger partial charge in [-0.15, -0.1) is 0 Å². The Bertz CT molecular complexity index is 317. The number of esters is 2. The molecule has 2 atom stereocenters. The maximum Gasteiger partial charge on any atom is 0.309 e. The van der Waals surface area contributed by atoms with E-state index < -0.39 is 0 Å². The lowest BCUT2D eigenvalue weighted by Gasteiger charge is -2.06. The summed E-state index contributed by atoms with van der Waals surface area (Å²) in [7, 11) is 0. The molecule has 6 heteroatoms. The first-order chi connectivity index (χ1) is 10.3. The van der Waals surface area contributed by atoms with Gasteiger partial charge in [0.15, 0.2) is 0 Å². The van der Waals surface area contributed by atoms with Gasteiger partial charge in [0.25, 0.3) is 0 Å². The van der Waals surface area contributed by atoms with Crippen LogP contribution >= 0.6 is 23.5 Å². The van der Waals surface area contributed by atoms with Gasteiger partial charge in [-0.2, -0.15) is 23.5 Å². The first-order valence-electron chi connectivity index (χ1n) is 7.76. The Hall–Kier alpha value is -0.360. The van der Waals surface area contributed by atoms with Crippen LogP contribution in [0, 0.1) is 11.8 Å². The SMILES string of the molecule is O=C1OCCC1CCSCCCSCCC1CCOC1=O. The van der Waals surface area contributed by atoms with E-state index in [1.165, 1.54) is 6.42 Å². The highest BCUT2D eigenvalue weighted by molar-refractivity contribution is 8.00. The molecule has 4 nitrogen and oxygen atoms in total. The van der Waals surface area contributed by atoms with Gasteiger partial charge in [0.05, 0.1) is 25.0 Å². The van der Waals surface area contributed by atoms with Crippen LogP contribution in [0.2, 0.25) is 0 Å². The largest absolute Gasteiger partial charge is 0.465 e. The van der Waals surface area contributed by atoms with Crippen molar-refractivity contribution >= 4 is 35.5 Å². The average Bonchev–Trinajstić information content (AvgIpc) is 3.06. The van der Waals surface area contributed by atoms with Crippen LogP contribution in [-0.4, -0.2) is 48.2 Å². The molecule has 0 aromatic carbocycles. The number of ether oxygens (including phenoxy) is 2. The zero-order valence-corrected chi connectivity index (χ0v) is 14.0. The monoisotopic (exact) mass is 332 g/mol. The van der Waals surface area contributed by atoms with Gasteiger partial charge in [-0.3, -0.25) is 9.59 Å². The molecule has 0 spiro atoms. The third kappa shape index (κ3) is 6.10. The van der Waals surface area contributed by atoms with Crippen LogP contribution in [0.15, 0.2) is 0 Å². The summed E-state index contributed by atoms with van der Waals surface area (Å²) in [6.45, 7) is 1.22. The summed E-state index contributed by atoms with van der Waals surface area (Å²) < 4.78 is 9.91. The zero-order chi connectivity index (χ0) is 14.9. The molecule has 0 aliphatic carbocycles. The van der Waals surface area contributed by atoms with Crippen molar-refractivity contribution in [2.75, 3.05) is 36.2 Å². The van der Waals surface area contributed by atoms with Crippen LogP contribution in [0.1, 0.15) is 32.1 Å². The van der Waals surface area contributed by atoms with Gasteiger partial charge in [0.1, 0.15) is 0 Å². The number of rotatable bonds is 10. The summed E-state index contributed by atoms with van der Waals surface area (Å²) in [6.07, 6.45) is 4.91. The Morgan fingerprint density at radius 2 is 1.29 bits per heavy atom. The second-order valence-electron chi connectivity index (χ2n) is 5.46. The molecule has 0 aromatic heterocycles. The number of carbonyl (C=O) groups is 2. The van der Waals surface area contributed by atoms with Crippen LogP contribution in [0.3, 0.4) is 0 Å². The molecule has 2 aliphatic heterocycles. The molecule has 0 amide bonds. The van der Waals surface area contributed by atoms with E-state index in [0.717, 1.165) is 48.7 Å². The van der Waals surface area contributed by atoms with Gasteiger partial charge in [0, 0.05) is 0 Å². The molecule has 2 unspecified atom stereocenters.